The molecular weight excluding hydrogens is 236 g/mol. The summed E-state index contributed by atoms with van der Waals surface area (Å²) in [6.45, 7) is 2.45. The van der Waals surface area contributed by atoms with Gasteiger partial charge in [-0.1, -0.05) is 0 Å². The number of rotatable bonds is 4. The average molecular weight is 256 g/mol. The highest BCUT2D eigenvalue weighted by atomic mass is 16.5. The van der Waals surface area contributed by atoms with E-state index in [0.717, 1.165) is 12.8 Å². The molecule has 1 unspecified atom stereocenters. The first-order valence-corrected chi connectivity index (χ1v) is 6.31. The molecule has 0 bridgehead atoms. The Labute approximate surface area is 106 Å². The fraction of sp³-hybridized carbons (Fsp3) is 0.833. The van der Waals surface area contributed by atoms with Crippen LogP contribution in [0.3, 0.4) is 0 Å². The van der Waals surface area contributed by atoms with Crippen molar-refractivity contribution in [1.82, 2.24) is 5.32 Å². The van der Waals surface area contributed by atoms with E-state index >= 15 is 0 Å². The van der Waals surface area contributed by atoms with E-state index in [1.807, 2.05) is 0 Å². The van der Waals surface area contributed by atoms with Crippen LogP contribution in [0.4, 0.5) is 0 Å². The first kappa shape index (κ1) is 13.3. The average Bonchev–Trinajstić information content (AvgIpc) is 3.13. The maximum absolute atomic E-state index is 12.2. The van der Waals surface area contributed by atoms with Crippen LogP contribution in [0.2, 0.25) is 0 Å². The van der Waals surface area contributed by atoms with Crippen molar-refractivity contribution in [3.8, 4) is 0 Å². The molecule has 2 rings (SSSR count). The Morgan fingerprint density at radius 2 is 1.94 bits per heavy atom. The third kappa shape index (κ3) is 2.35. The third-order valence-electron chi connectivity index (χ3n) is 4.05. The molecule has 1 atom stereocenters. The fourth-order valence-corrected chi connectivity index (χ4v) is 2.31. The monoisotopic (exact) mass is 256 g/mol. The highest BCUT2D eigenvalue weighted by Crippen LogP contribution is 2.40. The summed E-state index contributed by atoms with van der Waals surface area (Å²) in [6, 6.07) is 0. The summed E-state index contributed by atoms with van der Waals surface area (Å²) in [4.78, 5) is 23.6. The molecule has 6 heteroatoms. The lowest BCUT2D eigenvalue weighted by Gasteiger charge is -2.36. The molecule has 6 nitrogen and oxygen atoms in total. The smallest absolute Gasteiger partial charge is 0.329 e. The Bertz CT molecular complexity index is 361. The van der Waals surface area contributed by atoms with Gasteiger partial charge in [-0.3, -0.25) is 4.79 Å². The molecule has 0 radical (unpaired) electrons. The van der Waals surface area contributed by atoms with E-state index in [1.165, 1.54) is 0 Å². The molecule has 4 N–H and O–H groups in total. The summed E-state index contributed by atoms with van der Waals surface area (Å²) < 4.78 is 5.18. The number of carboxylic acids is 1. The predicted octanol–water partition coefficient (Wildman–Crippen LogP) is -0.136. The van der Waals surface area contributed by atoms with Crippen LogP contribution in [0.15, 0.2) is 0 Å². The molecule has 1 saturated carbocycles. The van der Waals surface area contributed by atoms with Gasteiger partial charge in [0.2, 0.25) is 5.91 Å². The number of amides is 1. The number of ether oxygens (including phenoxy) is 1. The van der Waals surface area contributed by atoms with Gasteiger partial charge in [0, 0.05) is 13.2 Å². The molecule has 2 fully saturated rings. The SMILES string of the molecule is CC(NC(=O)C1(N)CCOCC1)(C(=O)O)C1CC1. The molecule has 1 heterocycles. The first-order valence-electron chi connectivity index (χ1n) is 6.31. The lowest BCUT2D eigenvalue weighted by molar-refractivity contribution is -0.149. The van der Waals surface area contributed by atoms with Crippen molar-refractivity contribution in [1.29, 1.82) is 0 Å². The van der Waals surface area contributed by atoms with E-state index in [1.54, 1.807) is 6.92 Å². The van der Waals surface area contributed by atoms with Crippen molar-refractivity contribution in [2.24, 2.45) is 11.7 Å². The van der Waals surface area contributed by atoms with Crippen LogP contribution >= 0.6 is 0 Å². The Morgan fingerprint density at radius 3 is 2.39 bits per heavy atom. The topological polar surface area (TPSA) is 102 Å². The first-order chi connectivity index (χ1) is 8.38. The Balaban J connectivity index is 2.07. The van der Waals surface area contributed by atoms with Crippen LogP contribution in [0, 0.1) is 5.92 Å². The molecule has 0 aromatic rings. The number of nitrogens with two attached hydrogens (primary N) is 1. The Hall–Kier alpha value is -1.14. The maximum Gasteiger partial charge on any atom is 0.329 e. The number of hydrogen-bond donors (Lipinski definition) is 3. The van der Waals surface area contributed by atoms with E-state index in [0.29, 0.717) is 26.1 Å². The van der Waals surface area contributed by atoms with Gasteiger partial charge in [-0.05, 0) is 38.5 Å². The zero-order chi connectivity index (χ0) is 13.4. The molecule has 2 aliphatic rings. The summed E-state index contributed by atoms with van der Waals surface area (Å²) >= 11 is 0. The van der Waals surface area contributed by atoms with Gasteiger partial charge in [0.15, 0.2) is 0 Å². The van der Waals surface area contributed by atoms with Crippen molar-refractivity contribution in [3.05, 3.63) is 0 Å². The molecule has 1 amide bonds. The lowest BCUT2D eigenvalue weighted by Crippen LogP contribution is -2.64. The van der Waals surface area contributed by atoms with Crippen LogP contribution < -0.4 is 11.1 Å². The molecule has 0 aromatic carbocycles. The molecule has 102 valence electrons. The summed E-state index contributed by atoms with van der Waals surface area (Å²) in [5.74, 6) is -1.35. The van der Waals surface area contributed by atoms with Gasteiger partial charge < -0.3 is 20.9 Å². The minimum atomic E-state index is -1.19. The highest BCUT2D eigenvalue weighted by Gasteiger charge is 2.50. The Morgan fingerprint density at radius 1 is 1.39 bits per heavy atom. The van der Waals surface area contributed by atoms with E-state index in [9.17, 15) is 14.7 Å². The van der Waals surface area contributed by atoms with Crippen LogP contribution in [0.5, 0.6) is 0 Å². The highest BCUT2D eigenvalue weighted by molar-refractivity contribution is 5.92. The second kappa shape index (κ2) is 4.51. The number of carbonyl (C=O) groups is 2. The van der Waals surface area contributed by atoms with Gasteiger partial charge in [0.1, 0.15) is 5.54 Å². The number of carbonyl (C=O) groups excluding carboxylic acids is 1. The van der Waals surface area contributed by atoms with Crippen molar-refractivity contribution in [2.75, 3.05) is 13.2 Å². The summed E-state index contributed by atoms with van der Waals surface area (Å²) in [6.07, 6.45) is 2.53. The van der Waals surface area contributed by atoms with Gasteiger partial charge in [0.05, 0.1) is 5.54 Å². The normalized spacial score (nSPS) is 26.1. The molecule has 1 aliphatic heterocycles. The zero-order valence-electron chi connectivity index (χ0n) is 10.6. The predicted molar refractivity (Wildman–Crippen MR) is 63.9 cm³/mol. The number of aliphatic carboxylic acids is 1. The largest absolute Gasteiger partial charge is 0.480 e. The minimum absolute atomic E-state index is 0.0161. The van der Waals surface area contributed by atoms with Crippen LogP contribution in [0.25, 0.3) is 0 Å². The standard InChI is InChI=1S/C12H20N2O4/c1-11(10(16)17,8-2-3-8)14-9(15)12(13)4-6-18-7-5-12/h8H,2-7,13H2,1H3,(H,14,15)(H,16,17). The second-order valence-corrected chi connectivity index (χ2v) is 5.50. The molecule has 0 spiro atoms. The van der Waals surface area contributed by atoms with Gasteiger partial charge in [-0.15, -0.1) is 0 Å². The lowest BCUT2D eigenvalue weighted by atomic mass is 9.87. The quantitative estimate of drug-likeness (QED) is 0.650. The van der Waals surface area contributed by atoms with E-state index in [-0.39, 0.29) is 11.8 Å². The van der Waals surface area contributed by atoms with E-state index in [2.05, 4.69) is 5.32 Å². The van der Waals surface area contributed by atoms with Crippen molar-refractivity contribution in [3.63, 3.8) is 0 Å². The Kier molecular flexibility index (Phi) is 3.33. The van der Waals surface area contributed by atoms with Gasteiger partial charge in [0.25, 0.3) is 0 Å². The van der Waals surface area contributed by atoms with E-state index in [4.69, 9.17) is 10.5 Å². The molecule has 18 heavy (non-hydrogen) atoms. The maximum atomic E-state index is 12.2. The minimum Gasteiger partial charge on any atom is -0.480 e. The summed E-state index contributed by atoms with van der Waals surface area (Å²) in [5, 5.41) is 11.9. The zero-order valence-corrected chi connectivity index (χ0v) is 10.6. The van der Waals surface area contributed by atoms with Crippen LogP contribution in [0.1, 0.15) is 32.6 Å². The summed E-state index contributed by atoms with van der Waals surface area (Å²) in [7, 11) is 0. The molecule has 1 aliphatic carbocycles. The summed E-state index contributed by atoms with van der Waals surface area (Å²) in [5.41, 5.74) is 3.86. The molecule has 0 aromatic heterocycles. The van der Waals surface area contributed by atoms with Crippen molar-refractivity contribution in [2.45, 2.75) is 43.7 Å². The van der Waals surface area contributed by atoms with Crippen molar-refractivity contribution >= 4 is 11.9 Å². The van der Waals surface area contributed by atoms with Crippen LogP contribution in [-0.2, 0) is 14.3 Å². The number of nitrogens with one attached hydrogen (secondary N) is 1. The number of carboxylic acid groups (broad SMARTS) is 1. The van der Waals surface area contributed by atoms with Gasteiger partial charge >= 0.3 is 5.97 Å². The third-order valence-corrected chi connectivity index (χ3v) is 4.05. The van der Waals surface area contributed by atoms with Crippen molar-refractivity contribution < 1.29 is 19.4 Å². The van der Waals surface area contributed by atoms with E-state index < -0.39 is 17.0 Å². The molecular formula is C12H20N2O4. The molecule has 1 saturated heterocycles. The van der Waals surface area contributed by atoms with Gasteiger partial charge in [-0.2, -0.15) is 0 Å². The van der Waals surface area contributed by atoms with Gasteiger partial charge in [-0.25, -0.2) is 4.79 Å². The van der Waals surface area contributed by atoms with Crippen LogP contribution in [-0.4, -0.2) is 41.3 Å². The second-order valence-electron chi connectivity index (χ2n) is 5.50. The fourth-order valence-electron chi connectivity index (χ4n) is 2.31. The number of hydrogen-bond acceptors (Lipinski definition) is 4.